The lowest BCUT2D eigenvalue weighted by atomic mass is 9.65. The summed E-state index contributed by atoms with van der Waals surface area (Å²) in [4.78, 5) is 12.8. The van der Waals surface area contributed by atoms with Crippen LogP contribution >= 0.6 is 12.4 Å². The zero-order chi connectivity index (χ0) is 18.0. The standard InChI is InChI=1S/C21H32N2O2.ClH/c1-13(2)25-19-9-7-15(8-10-19)14(3)23-21(24)18-11-16-5-4-6-17(12-18)20(16)22;/h7-10,13-14,16-18,20H,4-6,11-12,22H2,1-3H3,(H,23,24);1H. The van der Waals surface area contributed by atoms with Crippen LogP contribution in [0.4, 0.5) is 0 Å². The lowest BCUT2D eigenvalue weighted by molar-refractivity contribution is -0.128. The number of hydrogen-bond acceptors (Lipinski definition) is 3. The van der Waals surface area contributed by atoms with Crippen molar-refractivity contribution in [1.29, 1.82) is 0 Å². The summed E-state index contributed by atoms with van der Waals surface area (Å²) >= 11 is 0. The molecule has 1 aromatic carbocycles. The molecular weight excluding hydrogens is 348 g/mol. The second kappa shape index (κ2) is 9.09. The van der Waals surface area contributed by atoms with Crippen molar-refractivity contribution in [3.63, 3.8) is 0 Å². The fourth-order valence-corrected chi connectivity index (χ4v) is 4.53. The number of ether oxygens (including phenoxy) is 1. The topological polar surface area (TPSA) is 64.3 Å². The zero-order valence-corrected chi connectivity index (χ0v) is 16.9. The molecule has 1 aromatic rings. The predicted octanol–water partition coefficient (Wildman–Crippen LogP) is 4.23. The van der Waals surface area contributed by atoms with E-state index >= 15 is 0 Å². The van der Waals surface area contributed by atoms with Gasteiger partial charge in [-0.1, -0.05) is 18.6 Å². The fourth-order valence-electron chi connectivity index (χ4n) is 4.53. The summed E-state index contributed by atoms with van der Waals surface area (Å²) in [5, 5.41) is 3.21. The Morgan fingerprint density at radius 2 is 1.69 bits per heavy atom. The average Bonchev–Trinajstić information content (AvgIpc) is 2.54. The molecule has 4 nitrogen and oxygen atoms in total. The van der Waals surface area contributed by atoms with Gasteiger partial charge in [-0.3, -0.25) is 4.79 Å². The highest BCUT2D eigenvalue weighted by Gasteiger charge is 2.40. The number of rotatable bonds is 5. The van der Waals surface area contributed by atoms with Gasteiger partial charge in [-0.05, 0) is 76.0 Å². The fraction of sp³-hybridized carbons (Fsp3) is 0.667. The molecule has 5 heteroatoms. The molecule has 2 saturated carbocycles. The SMILES string of the molecule is CC(C)Oc1ccc(C(C)NC(=O)C2CC3CCCC(C2)C3N)cc1.Cl. The summed E-state index contributed by atoms with van der Waals surface area (Å²) in [5.74, 6) is 2.25. The summed E-state index contributed by atoms with van der Waals surface area (Å²) in [6.45, 7) is 6.08. The summed E-state index contributed by atoms with van der Waals surface area (Å²) in [7, 11) is 0. The van der Waals surface area contributed by atoms with E-state index in [2.05, 4.69) is 5.32 Å². The van der Waals surface area contributed by atoms with Gasteiger partial charge in [-0.25, -0.2) is 0 Å². The minimum Gasteiger partial charge on any atom is -0.491 e. The summed E-state index contributed by atoms with van der Waals surface area (Å²) in [5.41, 5.74) is 7.45. The van der Waals surface area contributed by atoms with Crippen molar-refractivity contribution in [2.75, 3.05) is 0 Å². The number of halogens is 1. The molecule has 1 amide bonds. The number of benzene rings is 1. The Balaban J connectivity index is 0.00000243. The van der Waals surface area contributed by atoms with Crippen molar-refractivity contribution in [3.05, 3.63) is 29.8 Å². The second-order valence-electron chi connectivity index (χ2n) is 8.16. The highest BCUT2D eigenvalue weighted by Crippen LogP contribution is 2.42. The lowest BCUT2D eigenvalue weighted by Crippen LogP contribution is -2.49. The maximum Gasteiger partial charge on any atom is 0.223 e. The van der Waals surface area contributed by atoms with Crippen molar-refractivity contribution in [2.45, 2.75) is 71.1 Å². The molecule has 3 unspecified atom stereocenters. The first kappa shape index (κ1) is 21.0. The van der Waals surface area contributed by atoms with E-state index < -0.39 is 0 Å². The minimum absolute atomic E-state index is 0. The van der Waals surface area contributed by atoms with Gasteiger partial charge in [-0.15, -0.1) is 12.4 Å². The van der Waals surface area contributed by atoms with Crippen molar-refractivity contribution in [1.82, 2.24) is 5.32 Å². The maximum absolute atomic E-state index is 12.8. The molecule has 2 bridgehead atoms. The van der Waals surface area contributed by atoms with Crippen LogP contribution < -0.4 is 15.8 Å². The van der Waals surface area contributed by atoms with Crippen LogP contribution in [0.25, 0.3) is 0 Å². The molecule has 0 aliphatic heterocycles. The maximum atomic E-state index is 12.8. The molecule has 0 heterocycles. The third-order valence-electron chi connectivity index (χ3n) is 5.89. The first-order valence-corrected chi connectivity index (χ1v) is 9.76. The van der Waals surface area contributed by atoms with Gasteiger partial charge in [0.15, 0.2) is 0 Å². The molecule has 3 rings (SSSR count). The molecule has 2 fully saturated rings. The molecule has 3 atom stereocenters. The van der Waals surface area contributed by atoms with Gasteiger partial charge in [-0.2, -0.15) is 0 Å². The Morgan fingerprint density at radius 1 is 1.12 bits per heavy atom. The van der Waals surface area contributed by atoms with Gasteiger partial charge >= 0.3 is 0 Å². The molecule has 0 saturated heterocycles. The molecular formula is C21H33ClN2O2. The first-order chi connectivity index (χ1) is 11.9. The van der Waals surface area contributed by atoms with Gasteiger partial charge in [0.05, 0.1) is 12.1 Å². The molecule has 0 spiro atoms. The van der Waals surface area contributed by atoms with E-state index in [0.717, 1.165) is 24.2 Å². The van der Waals surface area contributed by atoms with E-state index in [1.165, 1.54) is 19.3 Å². The molecule has 2 aliphatic carbocycles. The number of hydrogen-bond donors (Lipinski definition) is 2. The zero-order valence-electron chi connectivity index (χ0n) is 16.1. The van der Waals surface area contributed by atoms with Crippen molar-refractivity contribution >= 4 is 18.3 Å². The lowest BCUT2D eigenvalue weighted by Gasteiger charge is -2.43. The van der Waals surface area contributed by atoms with Gasteiger partial charge in [0.2, 0.25) is 5.91 Å². The number of nitrogens with two attached hydrogens (primary N) is 1. The predicted molar refractivity (Wildman–Crippen MR) is 108 cm³/mol. The Hall–Kier alpha value is -1.26. The van der Waals surface area contributed by atoms with Gasteiger partial charge in [0, 0.05) is 12.0 Å². The van der Waals surface area contributed by atoms with Crippen molar-refractivity contribution < 1.29 is 9.53 Å². The van der Waals surface area contributed by atoms with Crippen LogP contribution in [0.15, 0.2) is 24.3 Å². The van der Waals surface area contributed by atoms with E-state index in [1.54, 1.807) is 0 Å². The van der Waals surface area contributed by atoms with Crippen LogP contribution in [-0.2, 0) is 4.79 Å². The van der Waals surface area contributed by atoms with Gasteiger partial charge in [0.1, 0.15) is 5.75 Å². The Labute approximate surface area is 163 Å². The third kappa shape index (κ3) is 4.92. The van der Waals surface area contributed by atoms with Crippen LogP contribution in [0, 0.1) is 17.8 Å². The molecule has 2 aliphatic rings. The monoisotopic (exact) mass is 380 g/mol. The average molecular weight is 381 g/mol. The summed E-state index contributed by atoms with van der Waals surface area (Å²) in [6.07, 6.45) is 5.73. The van der Waals surface area contributed by atoms with Crippen LogP contribution in [0.2, 0.25) is 0 Å². The first-order valence-electron chi connectivity index (χ1n) is 9.76. The molecule has 146 valence electrons. The molecule has 26 heavy (non-hydrogen) atoms. The number of carbonyl (C=O) groups excluding carboxylic acids is 1. The van der Waals surface area contributed by atoms with Crippen molar-refractivity contribution in [2.24, 2.45) is 23.5 Å². The van der Waals surface area contributed by atoms with Gasteiger partial charge in [0.25, 0.3) is 0 Å². The van der Waals surface area contributed by atoms with E-state index in [9.17, 15) is 4.79 Å². The van der Waals surface area contributed by atoms with E-state index in [4.69, 9.17) is 10.5 Å². The smallest absolute Gasteiger partial charge is 0.223 e. The van der Waals surface area contributed by atoms with Crippen molar-refractivity contribution in [3.8, 4) is 5.75 Å². The largest absolute Gasteiger partial charge is 0.491 e. The molecule has 3 N–H and O–H groups in total. The van der Waals surface area contributed by atoms with Crippen LogP contribution in [0.1, 0.15) is 64.5 Å². The van der Waals surface area contributed by atoms with Gasteiger partial charge < -0.3 is 15.8 Å². The number of fused-ring (bicyclic) bond motifs is 2. The quantitative estimate of drug-likeness (QED) is 0.803. The Morgan fingerprint density at radius 3 is 2.23 bits per heavy atom. The van der Waals surface area contributed by atoms with E-state index in [0.29, 0.717) is 17.9 Å². The third-order valence-corrected chi connectivity index (χ3v) is 5.89. The second-order valence-corrected chi connectivity index (χ2v) is 8.16. The summed E-state index contributed by atoms with van der Waals surface area (Å²) < 4.78 is 5.68. The summed E-state index contributed by atoms with van der Waals surface area (Å²) in [6, 6.07) is 8.34. The number of nitrogens with one attached hydrogen (secondary N) is 1. The minimum atomic E-state index is 0. The van der Waals surface area contributed by atoms with Crippen LogP contribution in [-0.4, -0.2) is 18.1 Å². The normalized spacial score (nSPS) is 28.8. The molecule has 0 aromatic heterocycles. The van der Waals surface area contributed by atoms with E-state index in [-0.39, 0.29) is 36.4 Å². The Bertz CT molecular complexity index is 576. The van der Waals surface area contributed by atoms with Crippen LogP contribution in [0.5, 0.6) is 5.75 Å². The number of carbonyl (C=O) groups is 1. The molecule has 0 radical (unpaired) electrons. The highest BCUT2D eigenvalue weighted by molar-refractivity contribution is 5.85. The highest BCUT2D eigenvalue weighted by atomic mass is 35.5. The number of amides is 1. The Kier molecular flexibility index (Phi) is 7.36. The van der Waals surface area contributed by atoms with E-state index in [1.807, 2.05) is 45.0 Å². The van der Waals surface area contributed by atoms with Crippen LogP contribution in [0.3, 0.4) is 0 Å².